The van der Waals surface area contributed by atoms with E-state index in [0.717, 1.165) is 28.2 Å². The first-order chi connectivity index (χ1) is 16.1. The van der Waals surface area contributed by atoms with Crippen molar-refractivity contribution in [3.8, 4) is 29.1 Å². The first-order valence-electron chi connectivity index (χ1n) is 10.3. The van der Waals surface area contributed by atoms with Gasteiger partial charge in [0.15, 0.2) is 11.5 Å². The highest BCUT2D eigenvalue weighted by Gasteiger charge is 2.13. The number of carbonyl (C=O) groups excluding carboxylic acids is 1. The molecule has 3 aromatic carbocycles. The predicted molar refractivity (Wildman–Crippen MR) is 122 cm³/mol. The van der Waals surface area contributed by atoms with Crippen molar-refractivity contribution in [2.45, 2.75) is 13.2 Å². The van der Waals surface area contributed by atoms with Gasteiger partial charge in [-0.3, -0.25) is 4.79 Å². The quantitative estimate of drug-likeness (QED) is 0.415. The van der Waals surface area contributed by atoms with Crippen LogP contribution in [-0.4, -0.2) is 19.8 Å². The molecule has 0 fully saturated rings. The normalized spacial score (nSPS) is 12.1. The fourth-order valence-corrected chi connectivity index (χ4v) is 3.19. The molecule has 33 heavy (non-hydrogen) atoms. The van der Waals surface area contributed by atoms with Crippen LogP contribution in [0.5, 0.6) is 23.0 Å². The van der Waals surface area contributed by atoms with Crippen LogP contribution in [0, 0.1) is 11.3 Å². The fourth-order valence-electron chi connectivity index (χ4n) is 3.19. The highest BCUT2D eigenvalue weighted by atomic mass is 16.7. The lowest BCUT2D eigenvalue weighted by Crippen LogP contribution is -2.23. The van der Waals surface area contributed by atoms with E-state index >= 15 is 0 Å². The van der Waals surface area contributed by atoms with Crippen LogP contribution in [0.4, 0.5) is 0 Å². The maximum Gasteiger partial charge on any atom is 0.262 e. The molecule has 0 atom stereocenters. The van der Waals surface area contributed by atoms with E-state index in [1.54, 1.807) is 37.5 Å². The Balaban J connectivity index is 1.33. The molecule has 1 aliphatic heterocycles. The minimum absolute atomic E-state index is 0.0255. The number of benzene rings is 3. The zero-order chi connectivity index (χ0) is 23.0. The molecular formula is C26H22N2O5. The van der Waals surface area contributed by atoms with Crippen LogP contribution in [0.3, 0.4) is 0 Å². The summed E-state index contributed by atoms with van der Waals surface area (Å²) in [5.74, 6) is 2.43. The van der Waals surface area contributed by atoms with Crippen LogP contribution in [-0.2, 0) is 17.9 Å². The van der Waals surface area contributed by atoms with Gasteiger partial charge in [0, 0.05) is 6.54 Å². The zero-order valence-electron chi connectivity index (χ0n) is 18.0. The Bertz CT molecular complexity index is 1190. The van der Waals surface area contributed by atoms with E-state index in [2.05, 4.69) is 5.32 Å². The number of nitrogens with one attached hydrogen (secondary N) is 1. The summed E-state index contributed by atoms with van der Waals surface area (Å²) < 4.78 is 21.6. The molecule has 4 rings (SSSR count). The first kappa shape index (κ1) is 21.8. The Morgan fingerprint density at radius 1 is 1.00 bits per heavy atom. The number of carbonyl (C=O) groups is 1. The van der Waals surface area contributed by atoms with Gasteiger partial charge >= 0.3 is 0 Å². The SMILES string of the molecule is COc1ccc(CNC(=O)/C(C#N)=C\c2ccc(OCc3ccc4c(c3)OCO4)cc2)cc1. The van der Waals surface area contributed by atoms with Crippen molar-refractivity contribution in [2.24, 2.45) is 0 Å². The molecule has 1 N–H and O–H groups in total. The molecule has 1 amide bonds. The standard InChI is InChI=1S/C26H22N2O5/c1-30-22-7-4-19(5-8-22)15-28-26(29)21(14-27)12-18-2-9-23(10-3-18)31-16-20-6-11-24-25(13-20)33-17-32-24/h2-13H,15-17H2,1H3,(H,28,29)/b21-12-. The van der Waals surface area contributed by atoms with E-state index in [0.29, 0.717) is 24.7 Å². The second-order valence-corrected chi connectivity index (χ2v) is 7.25. The molecule has 0 bridgehead atoms. The van der Waals surface area contributed by atoms with Crippen molar-refractivity contribution >= 4 is 12.0 Å². The fraction of sp³-hybridized carbons (Fsp3) is 0.154. The third-order valence-corrected chi connectivity index (χ3v) is 5.01. The van der Waals surface area contributed by atoms with Crippen molar-refractivity contribution in [3.63, 3.8) is 0 Å². The number of ether oxygens (including phenoxy) is 4. The number of hydrogen-bond donors (Lipinski definition) is 1. The monoisotopic (exact) mass is 442 g/mol. The lowest BCUT2D eigenvalue weighted by atomic mass is 10.1. The molecule has 0 saturated carbocycles. The molecule has 166 valence electrons. The maximum atomic E-state index is 12.4. The lowest BCUT2D eigenvalue weighted by molar-refractivity contribution is -0.117. The summed E-state index contributed by atoms with van der Waals surface area (Å²) >= 11 is 0. The highest BCUT2D eigenvalue weighted by Crippen LogP contribution is 2.32. The minimum Gasteiger partial charge on any atom is -0.497 e. The summed E-state index contributed by atoms with van der Waals surface area (Å²) in [6.45, 7) is 0.927. The number of hydrogen-bond acceptors (Lipinski definition) is 6. The molecule has 3 aromatic rings. The van der Waals surface area contributed by atoms with Gasteiger partial charge in [0.1, 0.15) is 29.7 Å². The van der Waals surface area contributed by atoms with Gasteiger partial charge in [-0.15, -0.1) is 0 Å². The number of amides is 1. The van der Waals surface area contributed by atoms with Gasteiger partial charge in [-0.2, -0.15) is 5.26 Å². The molecule has 0 saturated heterocycles. The van der Waals surface area contributed by atoms with Gasteiger partial charge in [0.05, 0.1) is 7.11 Å². The molecule has 1 aliphatic rings. The molecular weight excluding hydrogens is 420 g/mol. The number of nitriles is 1. The van der Waals surface area contributed by atoms with Crippen LogP contribution in [0.15, 0.2) is 72.3 Å². The van der Waals surface area contributed by atoms with Crippen LogP contribution in [0.25, 0.3) is 6.08 Å². The smallest absolute Gasteiger partial charge is 0.262 e. The van der Waals surface area contributed by atoms with Crippen molar-refractivity contribution in [3.05, 3.63) is 89.0 Å². The van der Waals surface area contributed by atoms with E-state index in [-0.39, 0.29) is 12.4 Å². The molecule has 0 spiro atoms. The third-order valence-electron chi connectivity index (χ3n) is 5.01. The summed E-state index contributed by atoms with van der Waals surface area (Å²) in [6.07, 6.45) is 1.55. The summed E-state index contributed by atoms with van der Waals surface area (Å²) in [5, 5.41) is 12.2. The van der Waals surface area contributed by atoms with Crippen LogP contribution >= 0.6 is 0 Å². The van der Waals surface area contributed by atoms with Crippen molar-refractivity contribution in [1.82, 2.24) is 5.32 Å². The van der Waals surface area contributed by atoms with Crippen LogP contribution in [0.2, 0.25) is 0 Å². The molecule has 0 radical (unpaired) electrons. The Hall–Kier alpha value is -4.44. The molecule has 7 nitrogen and oxygen atoms in total. The number of nitrogens with zero attached hydrogens (tertiary/aromatic N) is 1. The van der Waals surface area contributed by atoms with Gasteiger partial charge in [-0.25, -0.2) is 0 Å². The Morgan fingerprint density at radius 2 is 1.70 bits per heavy atom. The zero-order valence-corrected chi connectivity index (χ0v) is 18.0. The third kappa shape index (κ3) is 5.63. The van der Waals surface area contributed by atoms with Crippen LogP contribution in [0.1, 0.15) is 16.7 Å². The molecule has 1 heterocycles. The van der Waals surface area contributed by atoms with E-state index in [9.17, 15) is 10.1 Å². The van der Waals surface area contributed by atoms with Gasteiger partial charge in [-0.05, 0) is 59.2 Å². The van der Waals surface area contributed by atoms with E-state index in [4.69, 9.17) is 18.9 Å². The Labute approximate surface area is 191 Å². The average Bonchev–Trinajstić information content (AvgIpc) is 3.33. The highest BCUT2D eigenvalue weighted by molar-refractivity contribution is 6.01. The van der Waals surface area contributed by atoms with Crippen molar-refractivity contribution in [1.29, 1.82) is 5.26 Å². The molecule has 0 aromatic heterocycles. The summed E-state index contributed by atoms with van der Waals surface area (Å²) in [7, 11) is 1.60. The van der Waals surface area contributed by atoms with E-state index in [1.165, 1.54) is 0 Å². The maximum absolute atomic E-state index is 12.4. The number of methoxy groups -OCH3 is 1. The van der Waals surface area contributed by atoms with Crippen molar-refractivity contribution in [2.75, 3.05) is 13.9 Å². The van der Waals surface area contributed by atoms with E-state index < -0.39 is 5.91 Å². The molecule has 7 heteroatoms. The van der Waals surface area contributed by atoms with Crippen molar-refractivity contribution < 1.29 is 23.7 Å². The van der Waals surface area contributed by atoms with Crippen LogP contribution < -0.4 is 24.3 Å². The first-order valence-corrected chi connectivity index (χ1v) is 10.3. The Kier molecular flexibility index (Phi) is 6.76. The summed E-state index contributed by atoms with van der Waals surface area (Å²) in [6, 6.07) is 22.2. The number of fused-ring (bicyclic) bond motifs is 1. The summed E-state index contributed by atoms with van der Waals surface area (Å²) in [4.78, 5) is 12.4. The molecule has 0 unspecified atom stereocenters. The number of rotatable bonds is 8. The second-order valence-electron chi connectivity index (χ2n) is 7.25. The van der Waals surface area contributed by atoms with E-state index in [1.807, 2.05) is 48.5 Å². The topological polar surface area (TPSA) is 89.8 Å². The summed E-state index contributed by atoms with van der Waals surface area (Å²) in [5.41, 5.74) is 2.62. The van der Waals surface area contributed by atoms with Gasteiger partial charge < -0.3 is 24.3 Å². The minimum atomic E-state index is -0.434. The second kappa shape index (κ2) is 10.2. The molecule has 0 aliphatic carbocycles. The van der Waals surface area contributed by atoms with Gasteiger partial charge in [-0.1, -0.05) is 30.3 Å². The average molecular weight is 442 g/mol. The van der Waals surface area contributed by atoms with Gasteiger partial charge in [0.25, 0.3) is 5.91 Å². The van der Waals surface area contributed by atoms with Gasteiger partial charge in [0.2, 0.25) is 6.79 Å². The predicted octanol–water partition coefficient (Wildman–Crippen LogP) is 4.23. The Morgan fingerprint density at radius 3 is 2.42 bits per heavy atom. The lowest BCUT2D eigenvalue weighted by Gasteiger charge is -2.08. The largest absolute Gasteiger partial charge is 0.497 e.